The van der Waals surface area contributed by atoms with E-state index in [0.717, 1.165) is 18.7 Å². The molecule has 0 aliphatic carbocycles. The molecule has 0 N–H and O–H groups in total. The molecule has 3 rings (SSSR count). The van der Waals surface area contributed by atoms with Gasteiger partial charge in [-0.2, -0.15) is 20.1 Å². The van der Waals surface area contributed by atoms with E-state index in [4.69, 9.17) is 11.6 Å². The Morgan fingerprint density at radius 2 is 1.83 bits per heavy atom. The van der Waals surface area contributed by atoms with E-state index < -0.39 is 0 Å². The number of aromatic nitrogens is 5. The maximum atomic E-state index is 5.96. The van der Waals surface area contributed by atoms with E-state index in [1.807, 2.05) is 13.1 Å². The first-order chi connectivity index (χ1) is 8.72. The summed E-state index contributed by atoms with van der Waals surface area (Å²) in [5.41, 5.74) is 1.05. The van der Waals surface area contributed by atoms with Crippen molar-refractivity contribution in [2.45, 2.75) is 19.8 Å². The Labute approximate surface area is 110 Å². The van der Waals surface area contributed by atoms with Crippen molar-refractivity contribution in [3.05, 3.63) is 23.2 Å². The van der Waals surface area contributed by atoms with Gasteiger partial charge in [0.15, 0.2) is 0 Å². The van der Waals surface area contributed by atoms with Crippen LogP contribution in [0.2, 0.25) is 5.28 Å². The molecule has 0 unspecified atom stereocenters. The zero-order valence-electron chi connectivity index (χ0n) is 10.0. The van der Waals surface area contributed by atoms with Crippen molar-refractivity contribution in [3.8, 4) is 5.95 Å². The van der Waals surface area contributed by atoms with Crippen LogP contribution in [0.1, 0.15) is 18.4 Å². The minimum absolute atomic E-state index is 0.204. The lowest BCUT2D eigenvalue weighted by Crippen LogP contribution is -2.21. The van der Waals surface area contributed by atoms with E-state index in [1.165, 1.54) is 12.8 Å². The smallest absolute Gasteiger partial charge is 0.256 e. The van der Waals surface area contributed by atoms with Gasteiger partial charge in [-0.25, -0.2) is 4.68 Å². The van der Waals surface area contributed by atoms with Crippen molar-refractivity contribution in [1.29, 1.82) is 0 Å². The van der Waals surface area contributed by atoms with Crippen molar-refractivity contribution in [2.75, 3.05) is 18.0 Å². The fourth-order valence-corrected chi connectivity index (χ4v) is 2.16. The lowest BCUT2D eigenvalue weighted by atomic mass is 10.4. The summed E-state index contributed by atoms with van der Waals surface area (Å²) in [6, 6.07) is 0. The van der Waals surface area contributed by atoms with Crippen LogP contribution in [-0.2, 0) is 0 Å². The minimum Gasteiger partial charge on any atom is -0.341 e. The molecule has 1 aliphatic rings. The van der Waals surface area contributed by atoms with Crippen LogP contribution in [0.15, 0.2) is 12.4 Å². The number of anilines is 1. The molecule has 3 heterocycles. The van der Waals surface area contributed by atoms with Gasteiger partial charge in [0.05, 0.1) is 6.20 Å². The number of rotatable bonds is 2. The maximum absolute atomic E-state index is 5.96. The second-order valence-electron chi connectivity index (χ2n) is 4.36. The van der Waals surface area contributed by atoms with Gasteiger partial charge < -0.3 is 4.90 Å². The molecule has 0 radical (unpaired) electrons. The summed E-state index contributed by atoms with van der Waals surface area (Å²) in [7, 11) is 0. The quantitative estimate of drug-likeness (QED) is 0.825. The second-order valence-corrected chi connectivity index (χ2v) is 4.70. The van der Waals surface area contributed by atoms with Gasteiger partial charge in [-0.3, -0.25) is 0 Å². The summed E-state index contributed by atoms with van der Waals surface area (Å²) in [5, 5.41) is 4.39. The molecule has 1 saturated heterocycles. The third-order valence-corrected chi connectivity index (χ3v) is 3.06. The van der Waals surface area contributed by atoms with Crippen molar-refractivity contribution in [1.82, 2.24) is 24.7 Å². The average molecular weight is 265 g/mol. The molecular weight excluding hydrogens is 252 g/mol. The number of nitrogens with zero attached hydrogens (tertiary/aromatic N) is 6. The SMILES string of the molecule is Cc1cnn(-c2nc(Cl)nc(N3CCCC3)n2)c1. The van der Waals surface area contributed by atoms with Crippen LogP contribution in [0.4, 0.5) is 5.95 Å². The Kier molecular flexibility index (Phi) is 2.87. The van der Waals surface area contributed by atoms with Crippen LogP contribution in [-0.4, -0.2) is 37.8 Å². The first kappa shape index (κ1) is 11.4. The highest BCUT2D eigenvalue weighted by Crippen LogP contribution is 2.18. The van der Waals surface area contributed by atoms with Gasteiger partial charge in [0.1, 0.15) is 0 Å². The largest absolute Gasteiger partial charge is 0.341 e. The van der Waals surface area contributed by atoms with E-state index in [9.17, 15) is 0 Å². The fraction of sp³-hybridized carbons (Fsp3) is 0.455. The predicted octanol–water partition coefficient (Wildman–Crippen LogP) is 1.62. The Hall–Kier alpha value is -1.69. The molecule has 7 heteroatoms. The molecule has 94 valence electrons. The molecule has 0 atom stereocenters. The van der Waals surface area contributed by atoms with Crippen molar-refractivity contribution in [2.24, 2.45) is 0 Å². The number of hydrogen-bond acceptors (Lipinski definition) is 5. The zero-order chi connectivity index (χ0) is 12.5. The molecule has 6 nitrogen and oxygen atoms in total. The molecule has 0 spiro atoms. The number of halogens is 1. The third-order valence-electron chi connectivity index (χ3n) is 2.89. The van der Waals surface area contributed by atoms with Crippen LogP contribution in [0, 0.1) is 6.92 Å². The predicted molar refractivity (Wildman–Crippen MR) is 68.1 cm³/mol. The summed E-state index contributed by atoms with van der Waals surface area (Å²) in [6.07, 6.45) is 5.95. The Morgan fingerprint density at radius 3 is 2.50 bits per heavy atom. The van der Waals surface area contributed by atoms with E-state index in [1.54, 1.807) is 10.9 Å². The highest BCUT2D eigenvalue weighted by atomic mass is 35.5. The van der Waals surface area contributed by atoms with Crippen molar-refractivity contribution in [3.63, 3.8) is 0 Å². The summed E-state index contributed by atoms with van der Waals surface area (Å²) in [6.45, 7) is 3.91. The van der Waals surface area contributed by atoms with Crippen LogP contribution in [0.25, 0.3) is 5.95 Å². The Balaban J connectivity index is 1.99. The molecule has 2 aromatic rings. The second kappa shape index (κ2) is 4.53. The highest BCUT2D eigenvalue weighted by Gasteiger charge is 2.17. The minimum atomic E-state index is 0.204. The molecule has 18 heavy (non-hydrogen) atoms. The molecule has 0 amide bonds. The molecule has 0 bridgehead atoms. The monoisotopic (exact) mass is 264 g/mol. The van der Waals surface area contributed by atoms with Crippen molar-refractivity contribution < 1.29 is 0 Å². The molecule has 0 saturated carbocycles. The van der Waals surface area contributed by atoms with Gasteiger partial charge >= 0.3 is 0 Å². The average Bonchev–Trinajstić information content (AvgIpc) is 2.98. The van der Waals surface area contributed by atoms with Crippen molar-refractivity contribution >= 4 is 17.5 Å². The van der Waals surface area contributed by atoms with E-state index in [-0.39, 0.29) is 5.28 Å². The molecular formula is C11H13ClN6. The van der Waals surface area contributed by atoms with E-state index in [0.29, 0.717) is 11.9 Å². The lowest BCUT2D eigenvalue weighted by Gasteiger charge is -2.15. The standard InChI is InChI=1S/C11H13ClN6/c1-8-6-13-18(7-8)11-15-9(12)14-10(16-11)17-4-2-3-5-17/h6-7H,2-5H2,1H3. The Morgan fingerprint density at radius 1 is 1.11 bits per heavy atom. The first-order valence-electron chi connectivity index (χ1n) is 5.90. The van der Waals surface area contributed by atoms with Gasteiger partial charge in [0.25, 0.3) is 5.95 Å². The van der Waals surface area contributed by atoms with Gasteiger partial charge in [0, 0.05) is 19.3 Å². The lowest BCUT2D eigenvalue weighted by molar-refractivity contribution is 0.778. The third kappa shape index (κ3) is 2.15. The zero-order valence-corrected chi connectivity index (χ0v) is 10.8. The topological polar surface area (TPSA) is 59.7 Å². The fourth-order valence-electron chi connectivity index (χ4n) is 2.01. The molecule has 1 fully saturated rings. The van der Waals surface area contributed by atoms with Gasteiger partial charge in [-0.15, -0.1) is 0 Å². The highest BCUT2D eigenvalue weighted by molar-refractivity contribution is 6.28. The van der Waals surface area contributed by atoms with E-state index in [2.05, 4.69) is 25.0 Å². The molecule has 2 aromatic heterocycles. The first-order valence-corrected chi connectivity index (χ1v) is 6.28. The summed E-state index contributed by atoms with van der Waals surface area (Å²) < 4.78 is 1.61. The van der Waals surface area contributed by atoms with E-state index >= 15 is 0 Å². The summed E-state index contributed by atoms with van der Waals surface area (Å²) in [5.74, 6) is 1.10. The van der Waals surface area contributed by atoms with Gasteiger partial charge in [-0.1, -0.05) is 0 Å². The number of hydrogen-bond donors (Lipinski definition) is 0. The number of aryl methyl sites for hydroxylation is 1. The van der Waals surface area contributed by atoms with Crippen LogP contribution in [0.5, 0.6) is 0 Å². The summed E-state index contributed by atoms with van der Waals surface area (Å²) in [4.78, 5) is 14.8. The molecule has 0 aromatic carbocycles. The summed E-state index contributed by atoms with van der Waals surface area (Å²) >= 11 is 5.96. The van der Waals surface area contributed by atoms with Gasteiger partial charge in [0.2, 0.25) is 11.2 Å². The maximum Gasteiger partial charge on any atom is 0.256 e. The van der Waals surface area contributed by atoms with Crippen LogP contribution in [0.3, 0.4) is 0 Å². The van der Waals surface area contributed by atoms with Crippen LogP contribution >= 0.6 is 11.6 Å². The molecule has 1 aliphatic heterocycles. The van der Waals surface area contributed by atoms with Crippen LogP contribution < -0.4 is 4.90 Å². The van der Waals surface area contributed by atoms with Gasteiger partial charge in [-0.05, 0) is 36.9 Å². The Bertz CT molecular complexity index is 560. The normalized spacial score (nSPS) is 15.3.